The average molecular weight is 515 g/mol. The lowest BCUT2D eigenvalue weighted by molar-refractivity contribution is -0.216. The number of carbonyl (C=O) groups is 6. The first-order valence-electron chi connectivity index (χ1n) is 12.5. The van der Waals surface area contributed by atoms with Crippen molar-refractivity contribution in [3.05, 3.63) is 34.9 Å². The molecule has 3 rings (SSSR count). The fourth-order valence-corrected chi connectivity index (χ4v) is 4.39. The van der Waals surface area contributed by atoms with Crippen LogP contribution in [0.5, 0.6) is 0 Å². The number of benzene rings is 1. The van der Waals surface area contributed by atoms with Gasteiger partial charge < -0.3 is 5.32 Å². The molecule has 2 aliphatic heterocycles. The van der Waals surface area contributed by atoms with Gasteiger partial charge in [0.1, 0.15) is 6.04 Å². The number of hydrogen-bond donors (Lipinski definition) is 2. The molecule has 0 spiro atoms. The Bertz CT molecular complexity index is 1080. The van der Waals surface area contributed by atoms with Gasteiger partial charge in [0, 0.05) is 25.9 Å². The lowest BCUT2D eigenvalue weighted by Gasteiger charge is -2.27. The maximum atomic E-state index is 13.1. The van der Waals surface area contributed by atoms with E-state index in [0.29, 0.717) is 31.4 Å². The van der Waals surface area contributed by atoms with E-state index in [9.17, 15) is 28.8 Å². The van der Waals surface area contributed by atoms with E-state index < -0.39 is 35.3 Å². The highest BCUT2D eigenvalue weighted by atomic mass is 16.7. The minimum absolute atomic E-state index is 0.0484. The van der Waals surface area contributed by atoms with Crippen molar-refractivity contribution in [2.75, 3.05) is 6.54 Å². The van der Waals surface area contributed by atoms with E-state index in [2.05, 4.69) is 10.6 Å². The number of fused-ring (bicyclic) bond motifs is 1. The van der Waals surface area contributed by atoms with Crippen molar-refractivity contribution >= 4 is 35.9 Å². The smallest absolute Gasteiger partial charge is 0.262 e. The first kappa shape index (κ1) is 28.0. The number of nitrogens with zero attached hydrogens (tertiary/aromatic N) is 2. The van der Waals surface area contributed by atoms with Gasteiger partial charge in [-0.1, -0.05) is 25.0 Å². The van der Waals surface area contributed by atoms with Crippen LogP contribution in [-0.2, 0) is 30.6 Å². The second kappa shape index (κ2) is 12.1. The molecule has 1 unspecified atom stereocenters. The molecule has 2 N–H and O–H groups in total. The van der Waals surface area contributed by atoms with Gasteiger partial charge in [0.05, 0.1) is 16.7 Å². The molecule has 1 aromatic carbocycles. The van der Waals surface area contributed by atoms with Crippen molar-refractivity contribution in [3.8, 4) is 0 Å². The standard InChI is InChI=1S/C26H34N4O7/c1-26(2,3)37-29(16-31)14-7-5-4-6-11-20(32)27-15-17-9-8-10-18-22(17)25(36)30(24(18)35)19-12-13-21(33)28-23(19)34/h8-10,16,19H,4-7,11-15H2,1-3H3,(H,27,32)(H,28,33,34). The van der Waals surface area contributed by atoms with Crippen molar-refractivity contribution in [1.82, 2.24) is 20.6 Å². The molecule has 2 aliphatic rings. The predicted octanol–water partition coefficient (Wildman–Crippen LogP) is 1.84. The Kier molecular flexibility index (Phi) is 9.14. The molecule has 11 heteroatoms. The summed E-state index contributed by atoms with van der Waals surface area (Å²) in [5.41, 5.74) is 0.404. The van der Waals surface area contributed by atoms with Crippen molar-refractivity contribution in [3.63, 3.8) is 0 Å². The van der Waals surface area contributed by atoms with E-state index in [1.165, 1.54) is 11.1 Å². The van der Waals surface area contributed by atoms with E-state index in [1.807, 2.05) is 20.8 Å². The monoisotopic (exact) mass is 514 g/mol. The number of unbranched alkanes of at least 4 members (excludes halogenated alkanes) is 3. The molecule has 2 heterocycles. The highest BCUT2D eigenvalue weighted by Crippen LogP contribution is 2.30. The predicted molar refractivity (Wildman–Crippen MR) is 132 cm³/mol. The number of carbonyl (C=O) groups excluding carboxylic acids is 6. The van der Waals surface area contributed by atoms with Gasteiger partial charge in [-0.15, -0.1) is 0 Å². The van der Waals surface area contributed by atoms with Crippen LogP contribution in [0.3, 0.4) is 0 Å². The average Bonchev–Trinajstić information content (AvgIpc) is 3.09. The lowest BCUT2D eigenvalue weighted by Crippen LogP contribution is -2.54. The maximum Gasteiger partial charge on any atom is 0.262 e. The molecule has 0 aliphatic carbocycles. The zero-order valence-corrected chi connectivity index (χ0v) is 21.5. The molecule has 11 nitrogen and oxygen atoms in total. The summed E-state index contributed by atoms with van der Waals surface area (Å²) < 4.78 is 0. The Balaban J connectivity index is 1.46. The zero-order chi connectivity index (χ0) is 27.2. The molecule has 37 heavy (non-hydrogen) atoms. The maximum absolute atomic E-state index is 13.1. The summed E-state index contributed by atoms with van der Waals surface area (Å²) in [6.45, 7) is 6.16. The highest BCUT2D eigenvalue weighted by molar-refractivity contribution is 6.24. The van der Waals surface area contributed by atoms with E-state index in [0.717, 1.165) is 24.2 Å². The first-order valence-corrected chi connectivity index (χ1v) is 12.5. The van der Waals surface area contributed by atoms with Crippen molar-refractivity contribution in [1.29, 1.82) is 0 Å². The van der Waals surface area contributed by atoms with Crippen LogP contribution in [0.4, 0.5) is 0 Å². The number of hydroxylamine groups is 2. The summed E-state index contributed by atoms with van der Waals surface area (Å²) in [5, 5.41) is 6.26. The van der Waals surface area contributed by atoms with Crippen molar-refractivity contribution in [2.45, 2.75) is 83.9 Å². The van der Waals surface area contributed by atoms with Crippen LogP contribution in [0.25, 0.3) is 0 Å². The number of nitrogens with one attached hydrogen (secondary N) is 2. The Morgan fingerprint density at radius 2 is 1.86 bits per heavy atom. The number of hydrogen-bond acceptors (Lipinski definition) is 7. The number of rotatable bonds is 12. The van der Waals surface area contributed by atoms with E-state index in [1.54, 1.807) is 12.1 Å². The molecule has 1 fully saturated rings. The lowest BCUT2D eigenvalue weighted by atomic mass is 10.0. The van der Waals surface area contributed by atoms with Gasteiger partial charge in [0.15, 0.2) is 0 Å². The number of imide groups is 2. The van der Waals surface area contributed by atoms with Crippen LogP contribution in [0, 0.1) is 0 Å². The van der Waals surface area contributed by atoms with Crippen LogP contribution in [0.2, 0.25) is 0 Å². The molecule has 1 aromatic rings. The quantitative estimate of drug-likeness (QED) is 0.188. The fraction of sp³-hybridized carbons (Fsp3) is 0.538. The van der Waals surface area contributed by atoms with E-state index in [4.69, 9.17) is 4.84 Å². The number of piperidine rings is 1. The molecule has 0 radical (unpaired) electrons. The topological polar surface area (TPSA) is 142 Å². The van der Waals surface area contributed by atoms with Crippen molar-refractivity contribution in [2.24, 2.45) is 0 Å². The van der Waals surface area contributed by atoms with Crippen LogP contribution in [0.1, 0.15) is 92.0 Å². The summed E-state index contributed by atoms with van der Waals surface area (Å²) in [7, 11) is 0. The van der Waals surface area contributed by atoms with Gasteiger partial charge in [-0.05, 0) is 51.7 Å². The Morgan fingerprint density at radius 1 is 1.14 bits per heavy atom. The van der Waals surface area contributed by atoms with Crippen LogP contribution in [-0.4, -0.2) is 64.1 Å². The largest absolute Gasteiger partial charge is 0.352 e. The molecule has 0 aromatic heterocycles. The van der Waals surface area contributed by atoms with Gasteiger partial charge in [-0.2, -0.15) is 0 Å². The third-order valence-corrected chi connectivity index (χ3v) is 6.07. The minimum atomic E-state index is -1.04. The second-order valence-corrected chi connectivity index (χ2v) is 10.2. The molecule has 1 saturated heterocycles. The molecule has 6 amide bonds. The second-order valence-electron chi connectivity index (χ2n) is 10.2. The fourth-order valence-electron chi connectivity index (χ4n) is 4.39. The van der Waals surface area contributed by atoms with E-state index in [-0.39, 0.29) is 36.4 Å². The molecular weight excluding hydrogens is 480 g/mol. The first-order chi connectivity index (χ1) is 17.5. The molecule has 200 valence electrons. The third-order valence-electron chi connectivity index (χ3n) is 6.07. The third kappa shape index (κ3) is 7.22. The molecular formula is C26H34N4O7. The van der Waals surface area contributed by atoms with Crippen LogP contribution >= 0.6 is 0 Å². The summed E-state index contributed by atoms with van der Waals surface area (Å²) in [6, 6.07) is 3.78. The highest BCUT2D eigenvalue weighted by Gasteiger charge is 2.45. The summed E-state index contributed by atoms with van der Waals surface area (Å²) in [6.07, 6.45) is 4.18. The summed E-state index contributed by atoms with van der Waals surface area (Å²) in [5.74, 6) is -2.45. The molecule has 0 saturated carbocycles. The Morgan fingerprint density at radius 3 is 2.54 bits per heavy atom. The van der Waals surface area contributed by atoms with Gasteiger partial charge >= 0.3 is 0 Å². The van der Waals surface area contributed by atoms with Crippen LogP contribution < -0.4 is 10.6 Å². The Hall–Kier alpha value is -3.60. The van der Waals surface area contributed by atoms with Crippen LogP contribution in [0.15, 0.2) is 18.2 Å². The van der Waals surface area contributed by atoms with Gasteiger partial charge in [-0.3, -0.25) is 43.8 Å². The Labute approximate surface area is 215 Å². The van der Waals surface area contributed by atoms with Gasteiger partial charge in [0.2, 0.25) is 24.1 Å². The summed E-state index contributed by atoms with van der Waals surface area (Å²) in [4.78, 5) is 79.6. The molecule has 1 atom stereocenters. The normalized spacial score (nSPS) is 17.5. The van der Waals surface area contributed by atoms with Gasteiger partial charge in [-0.25, -0.2) is 5.06 Å². The number of amides is 6. The summed E-state index contributed by atoms with van der Waals surface area (Å²) >= 11 is 0. The van der Waals surface area contributed by atoms with E-state index >= 15 is 0 Å². The van der Waals surface area contributed by atoms with Crippen molar-refractivity contribution < 1.29 is 33.6 Å². The minimum Gasteiger partial charge on any atom is -0.352 e. The SMILES string of the molecule is CC(C)(C)ON(C=O)CCCCCCC(=O)NCc1cccc2c1C(=O)N(C1CCC(=O)NC1=O)C2=O. The van der Waals surface area contributed by atoms with Gasteiger partial charge in [0.25, 0.3) is 11.8 Å². The molecule has 0 bridgehead atoms. The zero-order valence-electron chi connectivity index (χ0n) is 21.5.